The van der Waals surface area contributed by atoms with E-state index in [1.165, 1.54) is 0 Å². The fourth-order valence-electron chi connectivity index (χ4n) is 2.40. The first-order valence-electron chi connectivity index (χ1n) is 7.17. The molecule has 112 valence electrons. The minimum atomic E-state index is 0.296. The molecule has 20 heavy (non-hydrogen) atoms. The van der Waals surface area contributed by atoms with Crippen molar-refractivity contribution < 1.29 is 4.74 Å². The highest BCUT2D eigenvalue weighted by Crippen LogP contribution is 2.21. The van der Waals surface area contributed by atoms with E-state index in [0.717, 1.165) is 56.3 Å². The Bertz CT molecular complexity index is 428. The lowest BCUT2D eigenvalue weighted by Gasteiger charge is -2.32. The first kappa shape index (κ1) is 16.1. The van der Waals surface area contributed by atoms with Crippen molar-refractivity contribution in [3.63, 3.8) is 0 Å². The van der Waals surface area contributed by atoms with E-state index in [4.69, 9.17) is 27.9 Å². The number of hydrogen-bond donors (Lipinski definition) is 1. The molecule has 0 bridgehead atoms. The molecule has 1 N–H and O–H groups in total. The predicted molar refractivity (Wildman–Crippen MR) is 84.9 cm³/mol. The van der Waals surface area contributed by atoms with Gasteiger partial charge < -0.3 is 10.1 Å². The van der Waals surface area contributed by atoms with Crippen LogP contribution in [0.15, 0.2) is 18.2 Å². The van der Waals surface area contributed by atoms with Crippen LogP contribution in [-0.4, -0.2) is 50.3 Å². The van der Waals surface area contributed by atoms with Gasteiger partial charge >= 0.3 is 0 Å². The molecule has 1 heterocycles. The molecule has 1 fully saturated rings. The number of likely N-dealkylation sites (N-methyl/N-ethyl adjacent to an activating group) is 1. The molecule has 1 aliphatic rings. The molecule has 1 aromatic rings. The summed E-state index contributed by atoms with van der Waals surface area (Å²) in [6.07, 6.45) is 1.20. The smallest absolute Gasteiger partial charge is 0.0826 e. The highest BCUT2D eigenvalue weighted by Gasteiger charge is 2.18. The molecule has 0 spiro atoms. The van der Waals surface area contributed by atoms with Crippen LogP contribution >= 0.6 is 23.2 Å². The highest BCUT2D eigenvalue weighted by atomic mass is 35.5. The second kappa shape index (κ2) is 8.20. The fraction of sp³-hybridized carbons (Fsp3) is 0.600. The number of morpholine rings is 1. The first-order chi connectivity index (χ1) is 9.69. The summed E-state index contributed by atoms with van der Waals surface area (Å²) in [6, 6.07) is 5.66. The van der Waals surface area contributed by atoms with Crippen LogP contribution in [0.1, 0.15) is 12.5 Å². The minimum Gasteiger partial charge on any atom is -0.374 e. The zero-order chi connectivity index (χ0) is 14.4. The molecule has 0 amide bonds. The average Bonchev–Trinajstić information content (AvgIpc) is 2.45. The zero-order valence-electron chi connectivity index (χ0n) is 11.9. The number of nitrogens with zero attached hydrogens (tertiary/aromatic N) is 1. The van der Waals surface area contributed by atoms with Crippen molar-refractivity contribution in [3.05, 3.63) is 33.8 Å². The lowest BCUT2D eigenvalue weighted by molar-refractivity contribution is -0.0251. The van der Waals surface area contributed by atoms with Gasteiger partial charge in [-0.2, -0.15) is 0 Å². The van der Waals surface area contributed by atoms with E-state index in [-0.39, 0.29) is 0 Å². The van der Waals surface area contributed by atoms with Crippen molar-refractivity contribution in [1.82, 2.24) is 10.2 Å². The highest BCUT2D eigenvalue weighted by molar-refractivity contribution is 6.35. The molecule has 5 heteroatoms. The van der Waals surface area contributed by atoms with E-state index >= 15 is 0 Å². The maximum absolute atomic E-state index is 6.15. The first-order valence-corrected chi connectivity index (χ1v) is 7.93. The Kier molecular flexibility index (Phi) is 6.59. The summed E-state index contributed by atoms with van der Waals surface area (Å²) < 4.78 is 5.75. The van der Waals surface area contributed by atoms with E-state index < -0.39 is 0 Å². The normalized spacial score (nSPS) is 20.2. The van der Waals surface area contributed by atoms with Crippen LogP contribution in [0.2, 0.25) is 10.0 Å². The number of hydrogen-bond acceptors (Lipinski definition) is 3. The average molecular weight is 317 g/mol. The van der Waals surface area contributed by atoms with Crippen LogP contribution in [0.4, 0.5) is 0 Å². The molecule has 0 radical (unpaired) electrons. The Morgan fingerprint density at radius 2 is 2.25 bits per heavy atom. The van der Waals surface area contributed by atoms with Crippen molar-refractivity contribution >= 4 is 23.2 Å². The van der Waals surface area contributed by atoms with Gasteiger partial charge in [-0.25, -0.2) is 0 Å². The molecular weight excluding hydrogens is 295 g/mol. The van der Waals surface area contributed by atoms with Crippen molar-refractivity contribution in [2.75, 3.05) is 39.3 Å². The van der Waals surface area contributed by atoms with E-state index in [1.54, 1.807) is 6.07 Å². The van der Waals surface area contributed by atoms with Gasteiger partial charge in [0.15, 0.2) is 0 Å². The Labute approximate surface area is 131 Å². The van der Waals surface area contributed by atoms with Gasteiger partial charge in [0.2, 0.25) is 0 Å². The molecule has 0 aliphatic carbocycles. The summed E-state index contributed by atoms with van der Waals surface area (Å²) in [5, 5.41) is 4.87. The van der Waals surface area contributed by atoms with Crippen LogP contribution in [0, 0.1) is 0 Å². The third kappa shape index (κ3) is 4.90. The molecule has 3 nitrogen and oxygen atoms in total. The molecule has 1 aromatic carbocycles. The lowest BCUT2D eigenvalue weighted by Crippen LogP contribution is -2.46. The Hall–Kier alpha value is -0.320. The van der Waals surface area contributed by atoms with Gasteiger partial charge in [-0.05, 0) is 37.2 Å². The Morgan fingerprint density at radius 1 is 1.40 bits per heavy atom. The second-order valence-corrected chi connectivity index (χ2v) is 5.92. The van der Waals surface area contributed by atoms with Crippen LogP contribution in [-0.2, 0) is 11.2 Å². The third-order valence-corrected chi connectivity index (χ3v) is 4.22. The van der Waals surface area contributed by atoms with Gasteiger partial charge in [0.25, 0.3) is 0 Å². The molecule has 0 aromatic heterocycles. The quantitative estimate of drug-likeness (QED) is 0.817. The van der Waals surface area contributed by atoms with E-state index in [0.29, 0.717) is 11.1 Å². The van der Waals surface area contributed by atoms with Gasteiger partial charge in [-0.15, -0.1) is 0 Å². The van der Waals surface area contributed by atoms with Crippen molar-refractivity contribution in [2.24, 2.45) is 0 Å². The Morgan fingerprint density at radius 3 is 3.00 bits per heavy atom. The maximum Gasteiger partial charge on any atom is 0.0826 e. The summed E-state index contributed by atoms with van der Waals surface area (Å²) in [7, 11) is 0. The number of halogens is 2. The largest absolute Gasteiger partial charge is 0.374 e. The summed E-state index contributed by atoms with van der Waals surface area (Å²) >= 11 is 12.0. The molecule has 2 rings (SSSR count). The topological polar surface area (TPSA) is 24.5 Å². The SMILES string of the molecule is CCN1CCOC(CNCCc2ccc(Cl)cc2Cl)C1. The van der Waals surface area contributed by atoms with Crippen molar-refractivity contribution in [2.45, 2.75) is 19.4 Å². The molecule has 1 aliphatic heterocycles. The second-order valence-electron chi connectivity index (χ2n) is 5.08. The van der Waals surface area contributed by atoms with Gasteiger partial charge in [-0.1, -0.05) is 36.2 Å². The molecule has 1 atom stereocenters. The van der Waals surface area contributed by atoms with E-state index in [1.807, 2.05) is 12.1 Å². The van der Waals surface area contributed by atoms with Gasteiger partial charge in [0.05, 0.1) is 12.7 Å². The molecule has 1 saturated heterocycles. The third-order valence-electron chi connectivity index (χ3n) is 3.63. The number of rotatable bonds is 6. The van der Waals surface area contributed by atoms with Gasteiger partial charge in [-0.3, -0.25) is 4.90 Å². The van der Waals surface area contributed by atoms with Crippen LogP contribution in [0.5, 0.6) is 0 Å². The summed E-state index contributed by atoms with van der Waals surface area (Å²) in [5.74, 6) is 0. The fourth-order valence-corrected chi connectivity index (χ4v) is 2.90. The van der Waals surface area contributed by atoms with E-state index in [9.17, 15) is 0 Å². The van der Waals surface area contributed by atoms with Crippen LogP contribution in [0.25, 0.3) is 0 Å². The van der Waals surface area contributed by atoms with E-state index in [2.05, 4.69) is 17.1 Å². The summed E-state index contributed by atoms with van der Waals surface area (Å²) in [5.41, 5.74) is 1.13. The summed E-state index contributed by atoms with van der Waals surface area (Å²) in [6.45, 7) is 7.98. The predicted octanol–water partition coefficient (Wildman–Crippen LogP) is 2.85. The monoisotopic (exact) mass is 316 g/mol. The number of benzene rings is 1. The van der Waals surface area contributed by atoms with Crippen molar-refractivity contribution in [3.8, 4) is 0 Å². The standard InChI is InChI=1S/C15H22Cl2N2O/c1-2-19-7-8-20-14(11-19)10-18-6-5-12-3-4-13(16)9-15(12)17/h3-4,9,14,18H,2,5-8,10-11H2,1H3. The minimum absolute atomic E-state index is 0.296. The van der Waals surface area contributed by atoms with Crippen LogP contribution in [0.3, 0.4) is 0 Å². The molecule has 0 saturated carbocycles. The maximum atomic E-state index is 6.15. The van der Waals surface area contributed by atoms with Crippen LogP contribution < -0.4 is 5.32 Å². The molecule has 1 unspecified atom stereocenters. The number of nitrogens with one attached hydrogen (secondary N) is 1. The lowest BCUT2D eigenvalue weighted by atomic mass is 10.1. The zero-order valence-corrected chi connectivity index (χ0v) is 13.4. The Balaban J connectivity index is 1.68. The van der Waals surface area contributed by atoms with Gasteiger partial charge in [0.1, 0.15) is 0 Å². The number of ether oxygens (including phenoxy) is 1. The summed E-state index contributed by atoms with van der Waals surface area (Å²) in [4.78, 5) is 2.42. The van der Waals surface area contributed by atoms with Gasteiger partial charge in [0, 0.05) is 29.7 Å². The van der Waals surface area contributed by atoms with Crippen molar-refractivity contribution in [1.29, 1.82) is 0 Å². The molecular formula is C15H22Cl2N2O.